The highest BCUT2D eigenvalue weighted by molar-refractivity contribution is 8.13. The van der Waals surface area contributed by atoms with Crippen LogP contribution in [0.3, 0.4) is 0 Å². The van der Waals surface area contributed by atoms with E-state index in [1.165, 1.54) is 18.0 Å². The molecule has 3 aromatic rings. The molecule has 0 aliphatic rings. The van der Waals surface area contributed by atoms with Crippen molar-refractivity contribution >= 4 is 39.2 Å². The smallest absolute Gasteiger partial charge is 0.379 e. The molecule has 174 valence electrons. The second-order valence-electron chi connectivity index (χ2n) is 5.02. The van der Waals surface area contributed by atoms with Gasteiger partial charge in [-0.05, 0) is 30.5 Å². The molecular formula is C15H22N10O5S2. The van der Waals surface area contributed by atoms with Gasteiger partial charge in [0.1, 0.15) is 0 Å². The fraction of sp³-hybridized carbons (Fsp3) is 0.0667. The summed E-state index contributed by atoms with van der Waals surface area (Å²) in [7, 11) is -4.67. The molecule has 0 unspecified atom stereocenters. The summed E-state index contributed by atoms with van der Waals surface area (Å²) in [6.07, 6.45) is 8.20. The molecule has 17 heteroatoms. The van der Waals surface area contributed by atoms with Crippen LogP contribution in [0.1, 0.15) is 10.4 Å². The third-order valence-corrected chi connectivity index (χ3v) is 3.15. The number of nitrogen functional groups attached to an aromatic ring is 2. The molecular weight excluding hydrogens is 464 g/mol. The van der Waals surface area contributed by atoms with Crippen molar-refractivity contribution in [2.45, 2.75) is 0 Å². The Bertz CT molecular complexity index is 1040. The van der Waals surface area contributed by atoms with E-state index in [1.807, 2.05) is 17.6 Å². The van der Waals surface area contributed by atoms with Gasteiger partial charge in [0, 0.05) is 30.4 Å². The maximum atomic E-state index is 10.7. The van der Waals surface area contributed by atoms with Crippen LogP contribution in [0.25, 0.3) is 11.4 Å². The average molecular weight is 487 g/mol. The van der Waals surface area contributed by atoms with Crippen molar-refractivity contribution in [3.8, 4) is 11.4 Å². The highest BCUT2D eigenvalue weighted by Gasteiger charge is 2.01. The molecule has 3 rings (SSSR count). The summed E-state index contributed by atoms with van der Waals surface area (Å²) in [6, 6.07) is 7.01. The van der Waals surface area contributed by atoms with Gasteiger partial charge in [0.05, 0.1) is 5.56 Å². The van der Waals surface area contributed by atoms with Gasteiger partial charge in [-0.2, -0.15) is 13.4 Å². The molecule has 0 atom stereocenters. The molecule has 0 radical (unpaired) electrons. The van der Waals surface area contributed by atoms with Gasteiger partial charge in [0.25, 0.3) is 5.91 Å². The predicted molar refractivity (Wildman–Crippen MR) is 120 cm³/mol. The van der Waals surface area contributed by atoms with Crippen LogP contribution in [0, 0.1) is 5.41 Å². The lowest BCUT2D eigenvalue weighted by atomic mass is 10.3. The second-order valence-corrected chi connectivity index (χ2v) is 6.76. The number of rotatable bonds is 2. The molecule has 0 aliphatic carbocycles. The molecule has 0 aromatic carbocycles. The van der Waals surface area contributed by atoms with Crippen molar-refractivity contribution in [1.82, 2.24) is 30.6 Å². The maximum absolute atomic E-state index is 10.7. The zero-order valence-corrected chi connectivity index (χ0v) is 18.2. The van der Waals surface area contributed by atoms with Gasteiger partial charge in [0.15, 0.2) is 11.0 Å². The van der Waals surface area contributed by atoms with Crippen molar-refractivity contribution in [1.29, 1.82) is 5.41 Å². The summed E-state index contributed by atoms with van der Waals surface area (Å²) in [6.45, 7) is 0. The Kier molecular flexibility index (Phi) is 13.5. The van der Waals surface area contributed by atoms with E-state index >= 15 is 0 Å². The molecule has 32 heavy (non-hydrogen) atoms. The lowest BCUT2D eigenvalue weighted by molar-refractivity contribution is 0.0953. The van der Waals surface area contributed by atoms with Gasteiger partial charge in [-0.25, -0.2) is 5.84 Å². The van der Waals surface area contributed by atoms with E-state index in [1.54, 1.807) is 37.0 Å². The first-order valence-corrected chi connectivity index (χ1v) is 10.7. The standard InChI is InChI=1S/C7H7N5.C6H7N3O.C2H6N2S.H2O4S/c8-7-10-6(11-12-7)5-2-1-3-9-4-5;7-9-6(10)5-2-1-3-8-4-5;1-5-2(3)4;1-5(2,3)4/h1-4H,(H3,8,10,11,12);1-4H,7H2,(H,9,10);1H3,(H3,3,4);(H2,1,2,3,4). The predicted octanol–water partition coefficient (Wildman–Crippen LogP) is -0.276. The van der Waals surface area contributed by atoms with E-state index in [-0.39, 0.29) is 17.0 Å². The van der Waals surface area contributed by atoms with Crippen LogP contribution >= 0.6 is 11.8 Å². The average Bonchev–Trinajstić information content (AvgIpc) is 3.20. The molecule has 0 spiro atoms. The molecule has 15 nitrogen and oxygen atoms in total. The molecule has 0 aliphatic heterocycles. The fourth-order valence-corrected chi connectivity index (χ4v) is 1.49. The van der Waals surface area contributed by atoms with E-state index in [0.29, 0.717) is 11.4 Å². The van der Waals surface area contributed by atoms with Crippen LogP contribution in [0.2, 0.25) is 0 Å². The van der Waals surface area contributed by atoms with E-state index in [0.717, 1.165) is 5.56 Å². The number of nitrogens with one attached hydrogen (secondary N) is 3. The quantitative estimate of drug-likeness (QED) is 0.0578. The summed E-state index contributed by atoms with van der Waals surface area (Å²) >= 11 is 1.24. The third-order valence-electron chi connectivity index (χ3n) is 2.71. The van der Waals surface area contributed by atoms with Crippen molar-refractivity contribution in [3.63, 3.8) is 0 Å². The number of thioether (sulfide) groups is 1. The fourth-order valence-electron chi connectivity index (χ4n) is 1.49. The molecule has 11 N–H and O–H groups in total. The van der Waals surface area contributed by atoms with Crippen molar-refractivity contribution in [2.24, 2.45) is 11.6 Å². The van der Waals surface area contributed by atoms with Gasteiger partial charge in [-0.1, -0.05) is 11.8 Å². The number of pyridine rings is 2. The monoisotopic (exact) mass is 486 g/mol. The Labute approximate surface area is 187 Å². The number of nitrogens with two attached hydrogens (primary N) is 3. The summed E-state index contributed by atoms with van der Waals surface area (Å²) in [5.74, 6) is 5.43. The zero-order chi connectivity index (χ0) is 24.6. The summed E-state index contributed by atoms with van der Waals surface area (Å²) in [5, 5.41) is 13.1. The Morgan fingerprint density at radius 3 is 2.06 bits per heavy atom. The second kappa shape index (κ2) is 15.2. The number of H-pyrrole nitrogens is 1. The normalized spacial score (nSPS) is 9.50. The largest absolute Gasteiger partial charge is 0.394 e. The van der Waals surface area contributed by atoms with Crippen molar-refractivity contribution in [2.75, 3.05) is 12.0 Å². The molecule has 0 saturated heterocycles. The lowest BCUT2D eigenvalue weighted by Gasteiger charge is -1.95. The number of aromatic amines is 1. The van der Waals surface area contributed by atoms with Crippen LogP contribution in [-0.4, -0.2) is 60.0 Å². The number of nitrogens with zero attached hydrogens (tertiary/aromatic N) is 4. The van der Waals surface area contributed by atoms with E-state index < -0.39 is 10.4 Å². The number of hydrogen-bond acceptors (Lipinski definition) is 11. The molecule has 1 amide bonds. The maximum Gasteiger partial charge on any atom is 0.394 e. The number of hydrazine groups is 1. The Morgan fingerprint density at radius 2 is 1.72 bits per heavy atom. The number of aromatic nitrogens is 5. The lowest BCUT2D eigenvalue weighted by Crippen LogP contribution is -2.29. The molecule has 0 fully saturated rings. The number of hydrogen-bond donors (Lipinski definition) is 8. The minimum atomic E-state index is -4.67. The Hall–Kier alpha value is -3.64. The van der Waals surface area contributed by atoms with Crippen LogP contribution in [0.15, 0.2) is 49.1 Å². The minimum Gasteiger partial charge on any atom is -0.379 e. The molecule has 0 bridgehead atoms. The zero-order valence-electron chi connectivity index (χ0n) is 16.6. The SMILES string of the molecule is CSC(=N)N.NNC(=O)c1cccnc1.Nc1n[nH]c(-c2cccnc2)n1.O=S(=O)(O)O. The number of amidine groups is 1. The van der Waals surface area contributed by atoms with Crippen LogP contribution in [-0.2, 0) is 10.4 Å². The first-order chi connectivity index (χ1) is 15.0. The van der Waals surface area contributed by atoms with Gasteiger partial charge in [-0.15, -0.1) is 5.10 Å². The number of carbonyl (C=O) groups excluding carboxylic acids is 1. The highest BCUT2D eigenvalue weighted by Crippen LogP contribution is 2.11. The molecule has 3 heterocycles. The minimum absolute atomic E-state index is 0.171. The number of carbonyl (C=O) groups is 1. The summed E-state index contributed by atoms with van der Waals surface area (Å²) in [5.41, 5.74) is 13.5. The summed E-state index contributed by atoms with van der Waals surface area (Å²) in [4.78, 5) is 22.4. The van der Waals surface area contributed by atoms with Gasteiger partial charge in [0.2, 0.25) is 5.95 Å². The van der Waals surface area contributed by atoms with Gasteiger partial charge in [-0.3, -0.25) is 39.8 Å². The van der Waals surface area contributed by atoms with E-state index in [9.17, 15) is 4.79 Å². The first kappa shape index (κ1) is 28.4. The van der Waals surface area contributed by atoms with Gasteiger partial charge >= 0.3 is 10.4 Å². The van der Waals surface area contributed by atoms with E-state index in [2.05, 4.69) is 25.1 Å². The number of amides is 1. The van der Waals surface area contributed by atoms with E-state index in [4.69, 9.17) is 40.2 Å². The Balaban J connectivity index is 0.000000434. The van der Waals surface area contributed by atoms with Crippen LogP contribution in [0.5, 0.6) is 0 Å². The first-order valence-electron chi connectivity index (χ1n) is 8.05. The molecule has 0 saturated carbocycles. The number of anilines is 1. The third kappa shape index (κ3) is 15.2. The van der Waals surface area contributed by atoms with Crippen molar-refractivity contribution < 1.29 is 22.3 Å². The molecule has 3 aromatic heterocycles. The topological polar surface area (TPSA) is 273 Å². The van der Waals surface area contributed by atoms with Crippen molar-refractivity contribution in [3.05, 3.63) is 54.6 Å². The summed E-state index contributed by atoms with van der Waals surface area (Å²) < 4.78 is 31.6. The van der Waals surface area contributed by atoms with Crippen LogP contribution in [0.4, 0.5) is 5.95 Å². The van der Waals surface area contributed by atoms with Gasteiger partial charge < -0.3 is 11.5 Å². The highest BCUT2D eigenvalue weighted by atomic mass is 32.3. The Morgan fingerprint density at radius 1 is 1.19 bits per heavy atom. The van der Waals surface area contributed by atoms with Crippen LogP contribution < -0.4 is 22.7 Å².